The van der Waals surface area contributed by atoms with Gasteiger partial charge in [0.1, 0.15) is 6.10 Å². The quantitative estimate of drug-likeness (QED) is 0.780. The summed E-state index contributed by atoms with van der Waals surface area (Å²) in [6.45, 7) is 3.63. The van der Waals surface area contributed by atoms with Gasteiger partial charge in [0.05, 0.1) is 0 Å². The number of carboxylic acid groups (broad SMARTS) is 1. The lowest BCUT2D eigenvalue weighted by Gasteiger charge is -2.32. The molecule has 2 rings (SSSR count). The minimum absolute atomic E-state index is 0.0691. The number of urea groups is 1. The topological polar surface area (TPSA) is 91.8 Å². The van der Waals surface area contributed by atoms with Gasteiger partial charge in [-0.05, 0) is 25.0 Å². The summed E-state index contributed by atoms with van der Waals surface area (Å²) in [6.07, 6.45) is 3.83. The van der Waals surface area contributed by atoms with Crippen molar-refractivity contribution in [3.8, 4) is 5.88 Å². The minimum atomic E-state index is -0.845. The van der Waals surface area contributed by atoms with Gasteiger partial charge in [0.2, 0.25) is 5.88 Å². The smallest absolute Gasteiger partial charge is 0.317 e. The maximum absolute atomic E-state index is 12.0. The van der Waals surface area contributed by atoms with Crippen LogP contribution < -0.4 is 10.1 Å². The van der Waals surface area contributed by atoms with Crippen LogP contribution in [0, 0.1) is 6.92 Å². The monoisotopic (exact) mass is 321 g/mol. The van der Waals surface area contributed by atoms with Gasteiger partial charge in [-0.1, -0.05) is 0 Å². The Morgan fingerprint density at radius 1 is 1.43 bits per heavy atom. The number of hydrogen-bond donors (Lipinski definition) is 2. The summed E-state index contributed by atoms with van der Waals surface area (Å²) >= 11 is 0. The molecule has 1 aliphatic rings. The maximum Gasteiger partial charge on any atom is 0.317 e. The predicted molar refractivity (Wildman–Crippen MR) is 84.5 cm³/mol. The first kappa shape index (κ1) is 17.1. The second-order valence-electron chi connectivity index (χ2n) is 5.70. The van der Waals surface area contributed by atoms with Crippen LogP contribution in [0.5, 0.6) is 5.88 Å². The zero-order valence-corrected chi connectivity index (χ0v) is 13.3. The van der Waals surface area contributed by atoms with Gasteiger partial charge in [-0.2, -0.15) is 0 Å². The third-order valence-corrected chi connectivity index (χ3v) is 3.75. The Bertz CT molecular complexity index is 542. The van der Waals surface area contributed by atoms with Crippen LogP contribution in [0.1, 0.15) is 31.2 Å². The Labute approximate surface area is 135 Å². The van der Waals surface area contributed by atoms with Crippen LogP contribution in [0.25, 0.3) is 0 Å². The predicted octanol–water partition coefficient (Wildman–Crippen LogP) is 1.81. The highest BCUT2D eigenvalue weighted by molar-refractivity contribution is 5.74. The van der Waals surface area contributed by atoms with Gasteiger partial charge < -0.3 is 20.1 Å². The standard InChI is InChI=1S/C16H23N3O4/c1-12-4-8-17-14(11-12)23-13-5-9-19(10-6-13)16(22)18-7-2-3-15(20)21/h4,8,11,13H,2-3,5-7,9-10H2,1H3,(H,18,22)(H,20,21). The number of carbonyl (C=O) groups is 2. The second-order valence-corrected chi connectivity index (χ2v) is 5.70. The molecule has 7 nitrogen and oxygen atoms in total. The van der Waals surface area contributed by atoms with Crippen molar-refractivity contribution < 1.29 is 19.4 Å². The van der Waals surface area contributed by atoms with Crippen molar-refractivity contribution in [3.63, 3.8) is 0 Å². The van der Waals surface area contributed by atoms with Crippen molar-refractivity contribution in [2.24, 2.45) is 0 Å². The summed E-state index contributed by atoms with van der Waals surface area (Å²) in [6, 6.07) is 3.69. The van der Waals surface area contributed by atoms with Gasteiger partial charge in [-0.25, -0.2) is 9.78 Å². The van der Waals surface area contributed by atoms with Gasteiger partial charge in [0.15, 0.2) is 0 Å². The number of nitrogens with one attached hydrogen (secondary N) is 1. The van der Waals surface area contributed by atoms with E-state index in [1.54, 1.807) is 11.1 Å². The van der Waals surface area contributed by atoms with Crippen molar-refractivity contribution in [1.82, 2.24) is 15.2 Å². The summed E-state index contributed by atoms with van der Waals surface area (Å²) in [5, 5.41) is 11.3. The Kier molecular flexibility index (Phi) is 6.19. The number of piperidine rings is 1. The molecule has 2 heterocycles. The molecule has 0 saturated carbocycles. The summed E-state index contributed by atoms with van der Waals surface area (Å²) in [7, 11) is 0. The first-order valence-corrected chi connectivity index (χ1v) is 7.88. The number of aryl methyl sites for hydroxylation is 1. The number of amides is 2. The Morgan fingerprint density at radius 3 is 2.83 bits per heavy atom. The normalized spacial score (nSPS) is 15.3. The number of aliphatic carboxylic acids is 1. The molecule has 7 heteroatoms. The lowest BCUT2D eigenvalue weighted by Crippen LogP contribution is -2.46. The average Bonchev–Trinajstić information content (AvgIpc) is 2.52. The molecule has 0 unspecified atom stereocenters. The van der Waals surface area contributed by atoms with Crippen LogP contribution in [-0.4, -0.2) is 52.7 Å². The Balaban J connectivity index is 1.69. The molecule has 0 spiro atoms. The molecule has 0 radical (unpaired) electrons. The number of pyridine rings is 1. The molecule has 0 aromatic carbocycles. The highest BCUT2D eigenvalue weighted by Crippen LogP contribution is 2.17. The van der Waals surface area contributed by atoms with Gasteiger partial charge in [0.25, 0.3) is 0 Å². The van der Waals surface area contributed by atoms with E-state index in [2.05, 4.69) is 10.3 Å². The SMILES string of the molecule is Cc1ccnc(OC2CCN(C(=O)NCCCC(=O)O)CC2)c1. The molecule has 1 aliphatic heterocycles. The number of carboxylic acids is 1. The summed E-state index contributed by atoms with van der Waals surface area (Å²) < 4.78 is 5.85. The van der Waals surface area contributed by atoms with Crippen molar-refractivity contribution in [2.75, 3.05) is 19.6 Å². The molecule has 2 N–H and O–H groups in total. The number of nitrogens with zero attached hydrogens (tertiary/aromatic N) is 2. The van der Waals surface area contributed by atoms with Crippen LogP contribution in [0.2, 0.25) is 0 Å². The zero-order chi connectivity index (χ0) is 16.7. The fraction of sp³-hybridized carbons (Fsp3) is 0.562. The van der Waals surface area contributed by atoms with E-state index in [0.29, 0.717) is 31.9 Å². The van der Waals surface area contributed by atoms with Crippen LogP contribution in [0.4, 0.5) is 4.79 Å². The van der Waals surface area contributed by atoms with E-state index in [-0.39, 0.29) is 18.6 Å². The number of rotatable bonds is 6. The van der Waals surface area contributed by atoms with E-state index in [1.165, 1.54) is 0 Å². The van der Waals surface area contributed by atoms with Crippen molar-refractivity contribution in [1.29, 1.82) is 0 Å². The first-order valence-electron chi connectivity index (χ1n) is 7.88. The number of carbonyl (C=O) groups excluding carboxylic acids is 1. The molecule has 1 aromatic heterocycles. The van der Waals surface area contributed by atoms with E-state index in [4.69, 9.17) is 9.84 Å². The molecular formula is C16H23N3O4. The highest BCUT2D eigenvalue weighted by atomic mass is 16.5. The molecule has 2 amide bonds. The number of ether oxygens (including phenoxy) is 1. The minimum Gasteiger partial charge on any atom is -0.481 e. The lowest BCUT2D eigenvalue weighted by atomic mass is 10.1. The maximum atomic E-state index is 12.0. The third kappa shape index (κ3) is 5.77. The summed E-state index contributed by atoms with van der Waals surface area (Å²) in [5.41, 5.74) is 1.10. The molecule has 0 bridgehead atoms. The van der Waals surface area contributed by atoms with E-state index >= 15 is 0 Å². The van der Waals surface area contributed by atoms with Crippen LogP contribution >= 0.6 is 0 Å². The van der Waals surface area contributed by atoms with Crippen LogP contribution in [0.3, 0.4) is 0 Å². The van der Waals surface area contributed by atoms with Gasteiger partial charge in [-0.3, -0.25) is 4.79 Å². The molecule has 1 aromatic rings. The van der Waals surface area contributed by atoms with E-state index in [9.17, 15) is 9.59 Å². The van der Waals surface area contributed by atoms with Crippen molar-refractivity contribution >= 4 is 12.0 Å². The van der Waals surface area contributed by atoms with E-state index < -0.39 is 5.97 Å². The van der Waals surface area contributed by atoms with E-state index in [1.807, 2.05) is 19.1 Å². The fourth-order valence-electron chi connectivity index (χ4n) is 2.47. The van der Waals surface area contributed by atoms with Crippen molar-refractivity contribution in [2.45, 2.75) is 38.7 Å². The highest BCUT2D eigenvalue weighted by Gasteiger charge is 2.24. The van der Waals surface area contributed by atoms with Gasteiger partial charge in [-0.15, -0.1) is 0 Å². The number of likely N-dealkylation sites (tertiary alicyclic amines) is 1. The van der Waals surface area contributed by atoms with Gasteiger partial charge >= 0.3 is 12.0 Å². The molecule has 0 atom stereocenters. The molecule has 0 aliphatic carbocycles. The summed E-state index contributed by atoms with van der Waals surface area (Å²) in [4.78, 5) is 28.3. The molecule has 1 saturated heterocycles. The summed E-state index contributed by atoms with van der Waals surface area (Å²) in [5.74, 6) is -0.219. The second kappa shape index (κ2) is 8.36. The number of aromatic nitrogens is 1. The molecule has 23 heavy (non-hydrogen) atoms. The van der Waals surface area contributed by atoms with Crippen LogP contribution in [0.15, 0.2) is 18.3 Å². The Morgan fingerprint density at radius 2 is 2.17 bits per heavy atom. The molecular weight excluding hydrogens is 298 g/mol. The largest absolute Gasteiger partial charge is 0.481 e. The Hall–Kier alpha value is -2.31. The average molecular weight is 321 g/mol. The molecule has 1 fully saturated rings. The van der Waals surface area contributed by atoms with Crippen LogP contribution in [-0.2, 0) is 4.79 Å². The van der Waals surface area contributed by atoms with Crippen molar-refractivity contribution in [3.05, 3.63) is 23.9 Å². The fourth-order valence-corrected chi connectivity index (χ4v) is 2.47. The first-order chi connectivity index (χ1) is 11.0. The zero-order valence-electron chi connectivity index (χ0n) is 13.3. The number of hydrogen-bond acceptors (Lipinski definition) is 4. The lowest BCUT2D eigenvalue weighted by molar-refractivity contribution is -0.137. The van der Waals surface area contributed by atoms with Gasteiger partial charge in [0, 0.05) is 51.2 Å². The third-order valence-electron chi connectivity index (χ3n) is 3.75. The molecule has 126 valence electrons. The van der Waals surface area contributed by atoms with E-state index in [0.717, 1.165) is 18.4 Å².